The van der Waals surface area contributed by atoms with Crippen molar-refractivity contribution in [1.29, 1.82) is 0 Å². The number of piperazine rings is 1. The number of hydrogen-bond donors (Lipinski definition) is 1. The molecule has 1 saturated heterocycles. The molecule has 1 aliphatic heterocycles. The molecule has 28 heavy (non-hydrogen) atoms. The second-order valence-electron chi connectivity index (χ2n) is 6.62. The summed E-state index contributed by atoms with van der Waals surface area (Å²) in [6.45, 7) is 3.70. The summed E-state index contributed by atoms with van der Waals surface area (Å²) in [6, 6.07) is 10.5. The maximum absolute atomic E-state index is 13.1. The van der Waals surface area contributed by atoms with Crippen LogP contribution in [0.4, 0.5) is 10.1 Å². The molecule has 0 atom stereocenters. The van der Waals surface area contributed by atoms with Crippen LogP contribution in [0, 0.1) is 5.82 Å². The van der Waals surface area contributed by atoms with Gasteiger partial charge in [-0.25, -0.2) is 19.4 Å². The molecule has 8 heteroatoms. The first-order valence-corrected chi connectivity index (χ1v) is 9.18. The van der Waals surface area contributed by atoms with Crippen molar-refractivity contribution in [1.82, 2.24) is 19.4 Å². The Labute approximate surface area is 163 Å². The van der Waals surface area contributed by atoms with E-state index in [2.05, 4.69) is 24.8 Å². The first kappa shape index (κ1) is 18.0. The Bertz CT molecular complexity index is 929. The predicted molar refractivity (Wildman–Crippen MR) is 107 cm³/mol. The van der Waals surface area contributed by atoms with Crippen LogP contribution in [0.1, 0.15) is 5.56 Å². The molecule has 0 unspecified atom stereocenters. The molecular weight excluding hydrogens is 357 g/mol. The van der Waals surface area contributed by atoms with E-state index in [9.17, 15) is 4.39 Å². The summed E-state index contributed by atoms with van der Waals surface area (Å²) in [5, 5.41) is 0. The fraction of sp³-hybridized carbons (Fsp3) is 0.250. The highest BCUT2D eigenvalue weighted by Gasteiger charge is 2.18. The molecule has 0 aliphatic carbocycles. The average molecular weight is 379 g/mol. The predicted octanol–water partition coefficient (Wildman–Crippen LogP) is 2.04. The van der Waals surface area contributed by atoms with Gasteiger partial charge in [0.25, 0.3) is 0 Å². The lowest BCUT2D eigenvalue weighted by atomic mass is 10.2. The van der Waals surface area contributed by atoms with Crippen molar-refractivity contribution in [3.05, 3.63) is 72.7 Å². The number of rotatable bonds is 4. The quantitative estimate of drug-likeness (QED) is 0.555. The van der Waals surface area contributed by atoms with E-state index in [1.807, 2.05) is 35.0 Å². The largest absolute Gasteiger partial charge is 0.370 e. The topological polar surface area (TPSA) is 75.6 Å². The van der Waals surface area contributed by atoms with Gasteiger partial charge in [0.1, 0.15) is 18.0 Å². The third-order valence-electron chi connectivity index (χ3n) is 4.80. The molecule has 4 rings (SSSR count). The standard InChI is InChI=1S/C20H22FN7/c21-17-1-3-18(4-2-17)26-9-11-27(12-10-26)20(22)25-14-16-5-6-24-19(13-16)28-8-7-23-15-28/h1-8,13,15H,9-12,14H2,(H2,22,25). The molecule has 0 spiro atoms. The molecule has 1 fully saturated rings. The SMILES string of the molecule is NC(=NCc1ccnc(-n2ccnc2)c1)N1CCN(c2ccc(F)cc2)CC1. The Morgan fingerprint density at radius 3 is 2.57 bits per heavy atom. The minimum Gasteiger partial charge on any atom is -0.370 e. The lowest BCUT2D eigenvalue weighted by Gasteiger charge is -2.36. The molecule has 0 amide bonds. The molecule has 7 nitrogen and oxygen atoms in total. The van der Waals surface area contributed by atoms with Crippen molar-refractivity contribution >= 4 is 11.6 Å². The van der Waals surface area contributed by atoms with Gasteiger partial charge in [-0.3, -0.25) is 4.57 Å². The van der Waals surface area contributed by atoms with E-state index < -0.39 is 0 Å². The van der Waals surface area contributed by atoms with Crippen LogP contribution in [-0.4, -0.2) is 51.6 Å². The van der Waals surface area contributed by atoms with Crippen molar-refractivity contribution in [2.24, 2.45) is 10.7 Å². The van der Waals surface area contributed by atoms with E-state index in [0.29, 0.717) is 12.5 Å². The number of nitrogens with zero attached hydrogens (tertiary/aromatic N) is 6. The van der Waals surface area contributed by atoms with Crippen LogP contribution in [0.5, 0.6) is 0 Å². The highest BCUT2D eigenvalue weighted by molar-refractivity contribution is 5.78. The van der Waals surface area contributed by atoms with Crippen molar-refractivity contribution in [3.8, 4) is 5.82 Å². The van der Waals surface area contributed by atoms with Gasteiger partial charge < -0.3 is 15.5 Å². The number of aromatic nitrogens is 3. The number of pyridine rings is 1. The van der Waals surface area contributed by atoms with E-state index in [1.54, 1.807) is 18.7 Å². The first-order valence-electron chi connectivity index (χ1n) is 9.18. The van der Waals surface area contributed by atoms with Gasteiger partial charge in [0, 0.05) is 50.5 Å². The van der Waals surface area contributed by atoms with Crippen LogP contribution < -0.4 is 10.6 Å². The number of benzene rings is 1. The fourth-order valence-corrected chi connectivity index (χ4v) is 3.21. The molecule has 144 valence electrons. The van der Waals surface area contributed by atoms with Crippen molar-refractivity contribution < 1.29 is 4.39 Å². The molecule has 2 aromatic heterocycles. The number of nitrogens with two attached hydrogens (primary N) is 1. The monoisotopic (exact) mass is 379 g/mol. The molecule has 3 heterocycles. The summed E-state index contributed by atoms with van der Waals surface area (Å²) in [4.78, 5) is 17.2. The molecule has 0 saturated carbocycles. The number of hydrogen-bond acceptors (Lipinski definition) is 4. The van der Waals surface area contributed by atoms with Gasteiger partial charge in [0.15, 0.2) is 5.96 Å². The lowest BCUT2D eigenvalue weighted by molar-refractivity contribution is 0.380. The number of guanidine groups is 1. The highest BCUT2D eigenvalue weighted by atomic mass is 19.1. The summed E-state index contributed by atoms with van der Waals surface area (Å²) >= 11 is 0. The fourth-order valence-electron chi connectivity index (χ4n) is 3.21. The molecule has 2 N–H and O–H groups in total. The van der Waals surface area contributed by atoms with Gasteiger partial charge in [-0.1, -0.05) is 0 Å². The van der Waals surface area contributed by atoms with Gasteiger partial charge in [-0.15, -0.1) is 0 Å². The summed E-state index contributed by atoms with van der Waals surface area (Å²) in [7, 11) is 0. The molecule has 1 aromatic carbocycles. The minimum absolute atomic E-state index is 0.217. The Kier molecular flexibility index (Phi) is 5.18. The van der Waals surface area contributed by atoms with E-state index in [1.165, 1.54) is 12.1 Å². The van der Waals surface area contributed by atoms with Crippen LogP contribution in [0.15, 0.2) is 66.3 Å². The summed E-state index contributed by atoms with van der Waals surface area (Å²) < 4.78 is 14.9. The summed E-state index contributed by atoms with van der Waals surface area (Å²) in [6.07, 6.45) is 7.04. The van der Waals surface area contributed by atoms with E-state index in [4.69, 9.17) is 5.73 Å². The van der Waals surface area contributed by atoms with E-state index in [0.717, 1.165) is 43.2 Å². The average Bonchev–Trinajstić information content (AvgIpc) is 3.28. The normalized spacial score (nSPS) is 15.1. The zero-order valence-corrected chi connectivity index (χ0v) is 15.4. The first-order chi connectivity index (χ1) is 13.7. The zero-order valence-electron chi connectivity index (χ0n) is 15.4. The Balaban J connectivity index is 1.35. The Morgan fingerprint density at radius 1 is 1.07 bits per heavy atom. The second kappa shape index (κ2) is 8.08. The Morgan fingerprint density at radius 2 is 1.86 bits per heavy atom. The smallest absolute Gasteiger partial charge is 0.191 e. The molecule has 0 bridgehead atoms. The van der Waals surface area contributed by atoms with Gasteiger partial charge in [0.2, 0.25) is 0 Å². The van der Waals surface area contributed by atoms with Crippen LogP contribution in [0.25, 0.3) is 5.82 Å². The highest BCUT2D eigenvalue weighted by Crippen LogP contribution is 2.17. The zero-order chi connectivity index (χ0) is 19.3. The maximum Gasteiger partial charge on any atom is 0.191 e. The number of halogens is 1. The Hall–Kier alpha value is -3.42. The lowest BCUT2D eigenvalue weighted by Crippen LogP contribution is -2.51. The number of imidazole rings is 1. The van der Waals surface area contributed by atoms with E-state index in [-0.39, 0.29) is 5.82 Å². The molecule has 1 aliphatic rings. The van der Waals surface area contributed by atoms with Crippen molar-refractivity contribution in [3.63, 3.8) is 0 Å². The van der Waals surface area contributed by atoms with Gasteiger partial charge >= 0.3 is 0 Å². The summed E-state index contributed by atoms with van der Waals surface area (Å²) in [5.41, 5.74) is 8.27. The third-order valence-corrected chi connectivity index (χ3v) is 4.80. The molecule has 0 radical (unpaired) electrons. The number of aliphatic imine (C=N–C) groups is 1. The van der Waals surface area contributed by atoms with Gasteiger partial charge in [-0.05, 0) is 42.0 Å². The maximum atomic E-state index is 13.1. The number of anilines is 1. The summed E-state index contributed by atoms with van der Waals surface area (Å²) in [5.74, 6) is 1.13. The van der Waals surface area contributed by atoms with Crippen LogP contribution in [-0.2, 0) is 6.54 Å². The second-order valence-corrected chi connectivity index (χ2v) is 6.62. The van der Waals surface area contributed by atoms with Gasteiger partial charge in [0.05, 0.1) is 6.54 Å². The molecular formula is C20H22FN7. The van der Waals surface area contributed by atoms with Gasteiger partial charge in [-0.2, -0.15) is 0 Å². The minimum atomic E-state index is -0.217. The van der Waals surface area contributed by atoms with Crippen LogP contribution in [0.3, 0.4) is 0 Å². The third kappa shape index (κ3) is 4.11. The van der Waals surface area contributed by atoms with Crippen molar-refractivity contribution in [2.75, 3.05) is 31.1 Å². The van der Waals surface area contributed by atoms with E-state index >= 15 is 0 Å². The van der Waals surface area contributed by atoms with Crippen LogP contribution in [0.2, 0.25) is 0 Å². The van der Waals surface area contributed by atoms with Crippen molar-refractivity contribution in [2.45, 2.75) is 6.54 Å². The molecule has 3 aromatic rings. The van der Waals surface area contributed by atoms with Crippen LogP contribution >= 0.6 is 0 Å².